The van der Waals surface area contributed by atoms with Crippen LogP contribution in [-0.2, 0) is 4.74 Å². The Labute approximate surface area is 113 Å². The van der Waals surface area contributed by atoms with E-state index in [4.69, 9.17) is 4.74 Å². The van der Waals surface area contributed by atoms with Crippen molar-refractivity contribution >= 4 is 5.69 Å². The van der Waals surface area contributed by atoms with Crippen LogP contribution in [0.15, 0.2) is 54.6 Å². The van der Waals surface area contributed by atoms with Gasteiger partial charge < -0.3 is 10.1 Å². The van der Waals surface area contributed by atoms with Crippen LogP contribution in [-0.4, -0.2) is 6.61 Å². The van der Waals surface area contributed by atoms with Gasteiger partial charge in [-0.3, -0.25) is 0 Å². The molecule has 1 N–H and O–H groups in total. The number of fused-ring (bicyclic) bond motifs is 3. The smallest absolute Gasteiger partial charge is 0.0896 e. The fraction of sp³-hybridized carbons (Fsp3) is 0.294. The standard InChI is InChI=1S/C17H17NO/c1-2-6-12(7-3-1)16-14-10-11-19-17(14)13-8-4-5-9-15(13)18-16/h1-9,14,16-18H,10-11H2/t14-,16-,17-/m0/s1. The molecule has 0 unspecified atom stereocenters. The summed E-state index contributed by atoms with van der Waals surface area (Å²) >= 11 is 0. The van der Waals surface area contributed by atoms with Gasteiger partial charge in [-0.2, -0.15) is 0 Å². The number of para-hydroxylation sites is 1. The van der Waals surface area contributed by atoms with E-state index in [1.807, 2.05) is 0 Å². The number of benzene rings is 2. The van der Waals surface area contributed by atoms with Gasteiger partial charge in [0, 0.05) is 23.8 Å². The molecule has 2 aromatic rings. The summed E-state index contributed by atoms with van der Waals surface area (Å²) in [6, 6.07) is 19.6. The first-order valence-corrected chi connectivity index (χ1v) is 6.95. The second-order valence-corrected chi connectivity index (χ2v) is 5.36. The average Bonchev–Trinajstić information content (AvgIpc) is 2.97. The molecule has 0 bridgehead atoms. The molecule has 0 radical (unpaired) electrons. The highest BCUT2D eigenvalue weighted by atomic mass is 16.5. The highest BCUT2D eigenvalue weighted by Crippen LogP contribution is 2.49. The van der Waals surface area contributed by atoms with E-state index in [9.17, 15) is 0 Å². The van der Waals surface area contributed by atoms with Crippen LogP contribution in [0.25, 0.3) is 0 Å². The minimum Gasteiger partial charge on any atom is -0.378 e. The minimum absolute atomic E-state index is 0.252. The molecule has 2 heterocycles. The van der Waals surface area contributed by atoms with Crippen molar-refractivity contribution in [1.29, 1.82) is 0 Å². The molecule has 2 nitrogen and oxygen atoms in total. The Morgan fingerprint density at radius 3 is 2.63 bits per heavy atom. The SMILES string of the molecule is c1ccc([C@@H]2Nc3ccccc3[C@@H]3OCC[C@@H]23)cc1. The fourth-order valence-corrected chi connectivity index (χ4v) is 3.41. The van der Waals surface area contributed by atoms with E-state index in [1.165, 1.54) is 16.8 Å². The maximum Gasteiger partial charge on any atom is 0.0896 e. The van der Waals surface area contributed by atoms with Gasteiger partial charge in [-0.05, 0) is 18.1 Å². The van der Waals surface area contributed by atoms with Crippen molar-refractivity contribution in [3.63, 3.8) is 0 Å². The van der Waals surface area contributed by atoms with E-state index in [0.29, 0.717) is 12.0 Å². The Morgan fingerprint density at radius 2 is 1.74 bits per heavy atom. The lowest BCUT2D eigenvalue weighted by Gasteiger charge is -2.36. The molecule has 0 aliphatic carbocycles. The van der Waals surface area contributed by atoms with Crippen LogP contribution in [0.3, 0.4) is 0 Å². The zero-order valence-corrected chi connectivity index (χ0v) is 10.8. The van der Waals surface area contributed by atoms with Gasteiger partial charge in [0.15, 0.2) is 0 Å². The van der Waals surface area contributed by atoms with Crippen molar-refractivity contribution < 1.29 is 4.74 Å². The van der Waals surface area contributed by atoms with Crippen LogP contribution in [0.4, 0.5) is 5.69 Å². The van der Waals surface area contributed by atoms with Crippen LogP contribution in [0.5, 0.6) is 0 Å². The molecule has 1 saturated heterocycles. The van der Waals surface area contributed by atoms with Gasteiger partial charge in [0.2, 0.25) is 0 Å². The molecule has 1 fully saturated rings. The molecular formula is C17H17NO. The van der Waals surface area contributed by atoms with E-state index < -0.39 is 0 Å². The van der Waals surface area contributed by atoms with E-state index in [0.717, 1.165) is 13.0 Å². The van der Waals surface area contributed by atoms with Crippen molar-refractivity contribution in [3.05, 3.63) is 65.7 Å². The van der Waals surface area contributed by atoms with Crippen LogP contribution in [0, 0.1) is 5.92 Å². The zero-order valence-electron chi connectivity index (χ0n) is 10.8. The summed E-state index contributed by atoms with van der Waals surface area (Å²) in [5, 5.41) is 3.70. The molecule has 2 heteroatoms. The largest absolute Gasteiger partial charge is 0.378 e. The molecular weight excluding hydrogens is 234 g/mol. The molecule has 4 rings (SSSR count). The number of ether oxygens (including phenoxy) is 1. The second kappa shape index (κ2) is 4.39. The number of rotatable bonds is 1. The summed E-state index contributed by atoms with van der Waals surface area (Å²) in [5.41, 5.74) is 3.90. The van der Waals surface area contributed by atoms with Gasteiger partial charge in [-0.1, -0.05) is 48.5 Å². The molecule has 2 aliphatic heterocycles. The van der Waals surface area contributed by atoms with Gasteiger partial charge in [0.25, 0.3) is 0 Å². The maximum absolute atomic E-state index is 6.00. The molecule has 0 saturated carbocycles. The summed E-state index contributed by atoms with van der Waals surface area (Å²) in [4.78, 5) is 0. The van der Waals surface area contributed by atoms with E-state index in [-0.39, 0.29) is 6.10 Å². The summed E-state index contributed by atoms with van der Waals surface area (Å²) in [6.45, 7) is 0.870. The Balaban J connectivity index is 1.79. The summed E-state index contributed by atoms with van der Waals surface area (Å²) < 4.78 is 6.00. The van der Waals surface area contributed by atoms with E-state index >= 15 is 0 Å². The lowest BCUT2D eigenvalue weighted by molar-refractivity contribution is 0.0829. The Bertz CT molecular complexity index is 581. The summed E-state index contributed by atoms with van der Waals surface area (Å²) in [5.74, 6) is 0.539. The Hall–Kier alpha value is -1.80. The van der Waals surface area contributed by atoms with Crippen molar-refractivity contribution in [2.24, 2.45) is 5.92 Å². The predicted octanol–water partition coefficient (Wildman–Crippen LogP) is 3.93. The third-order valence-corrected chi connectivity index (χ3v) is 4.30. The molecule has 0 amide bonds. The van der Waals surface area contributed by atoms with Crippen molar-refractivity contribution in [2.45, 2.75) is 18.6 Å². The first kappa shape index (κ1) is 11.1. The average molecular weight is 251 g/mol. The van der Waals surface area contributed by atoms with Crippen molar-refractivity contribution in [2.75, 3.05) is 11.9 Å². The maximum atomic E-state index is 6.00. The van der Waals surface area contributed by atoms with Crippen molar-refractivity contribution in [1.82, 2.24) is 0 Å². The van der Waals surface area contributed by atoms with E-state index in [1.54, 1.807) is 0 Å². The third-order valence-electron chi connectivity index (χ3n) is 4.30. The molecule has 0 aromatic heterocycles. The second-order valence-electron chi connectivity index (χ2n) is 5.36. The number of hydrogen-bond donors (Lipinski definition) is 1. The molecule has 0 spiro atoms. The Morgan fingerprint density at radius 1 is 0.947 bits per heavy atom. The van der Waals surface area contributed by atoms with E-state index in [2.05, 4.69) is 59.9 Å². The van der Waals surface area contributed by atoms with Crippen LogP contribution in [0.1, 0.15) is 29.7 Å². The van der Waals surface area contributed by atoms with Crippen molar-refractivity contribution in [3.8, 4) is 0 Å². The molecule has 96 valence electrons. The number of hydrogen-bond acceptors (Lipinski definition) is 2. The lowest BCUT2D eigenvalue weighted by Crippen LogP contribution is -2.29. The highest BCUT2D eigenvalue weighted by Gasteiger charge is 2.41. The van der Waals surface area contributed by atoms with Gasteiger partial charge in [0.05, 0.1) is 12.1 Å². The molecule has 19 heavy (non-hydrogen) atoms. The first-order valence-electron chi connectivity index (χ1n) is 6.95. The Kier molecular flexibility index (Phi) is 2.56. The zero-order chi connectivity index (χ0) is 12.7. The van der Waals surface area contributed by atoms with Gasteiger partial charge >= 0.3 is 0 Å². The van der Waals surface area contributed by atoms with Gasteiger partial charge in [-0.15, -0.1) is 0 Å². The summed E-state index contributed by atoms with van der Waals surface area (Å²) in [7, 11) is 0. The highest BCUT2D eigenvalue weighted by molar-refractivity contribution is 5.57. The lowest BCUT2D eigenvalue weighted by atomic mass is 9.81. The number of nitrogens with one attached hydrogen (secondary N) is 1. The first-order chi connectivity index (χ1) is 9.43. The fourth-order valence-electron chi connectivity index (χ4n) is 3.41. The quantitative estimate of drug-likeness (QED) is 0.829. The molecule has 2 aliphatic rings. The summed E-state index contributed by atoms with van der Waals surface area (Å²) in [6.07, 6.45) is 1.38. The molecule has 2 aromatic carbocycles. The topological polar surface area (TPSA) is 21.3 Å². The van der Waals surface area contributed by atoms with Crippen LogP contribution in [0.2, 0.25) is 0 Å². The number of anilines is 1. The third kappa shape index (κ3) is 1.75. The molecule has 3 atom stereocenters. The van der Waals surface area contributed by atoms with Crippen LogP contribution >= 0.6 is 0 Å². The predicted molar refractivity (Wildman–Crippen MR) is 76.0 cm³/mol. The van der Waals surface area contributed by atoms with Crippen LogP contribution < -0.4 is 5.32 Å². The monoisotopic (exact) mass is 251 g/mol. The van der Waals surface area contributed by atoms with Gasteiger partial charge in [-0.25, -0.2) is 0 Å². The minimum atomic E-state index is 0.252. The van der Waals surface area contributed by atoms with Gasteiger partial charge in [0.1, 0.15) is 0 Å². The normalized spacial score (nSPS) is 28.3.